The van der Waals surface area contributed by atoms with E-state index in [4.69, 9.17) is 14.6 Å². The molecule has 3 N–H and O–H groups in total. The van der Waals surface area contributed by atoms with Crippen LogP contribution < -0.4 is 10.6 Å². The summed E-state index contributed by atoms with van der Waals surface area (Å²) in [5.41, 5.74) is 1.03. The fourth-order valence-corrected chi connectivity index (χ4v) is 3.84. The minimum atomic E-state index is -0.535. The quantitative estimate of drug-likeness (QED) is 0.249. The molecule has 172 valence electrons. The first-order valence-corrected chi connectivity index (χ1v) is 11.3. The Morgan fingerprint density at radius 3 is 2.91 bits per heavy atom. The summed E-state index contributed by atoms with van der Waals surface area (Å²) < 4.78 is 11.6. The molecule has 10 nitrogen and oxygen atoms in total. The first kappa shape index (κ1) is 23.6. The Balaban J connectivity index is 1.51. The number of rotatable bonds is 12. The molecule has 3 heterocycles. The predicted molar refractivity (Wildman–Crippen MR) is 119 cm³/mol. The van der Waals surface area contributed by atoms with E-state index in [1.54, 1.807) is 11.3 Å². The minimum Gasteiger partial charge on any atom is -0.459 e. The van der Waals surface area contributed by atoms with Crippen LogP contribution in [0.5, 0.6) is 0 Å². The van der Waals surface area contributed by atoms with Crippen molar-refractivity contribution < 1.29 is 24.3 Å². The molecule has 0 spiro atoms. The van der Waals surface area contributed by atoms with Crippen molar-refractivity contribution in [2.24, 2.45) is 0 Å². The Hall–Kier alpha value is -3.02. The first-order chi connectivity index (χ1) is 15.6. The van der Waals surface area contributed by atoms with Crippen LogP contribution in [0.25, 0.3) is 0 Å². The fraction of sp³-hybridized carbons (Fsp3) is 0.429. The zero-order chi connectivity index (χ0) is 22.8. The van der Waals surface area contributed by atoms with Gasteiger partial charge in [-0.05, 0) is 47.4 Å². The van der Waals surface area contributed by atoms with Gasteiger partial charge in [0.2, 0.25) is 6.29 Å². The van der Waals surface area contributed by atoms with E-state index >= 15 is 0 Å². The summed E-state index contributed by atoms with van der Waals surface area (Å²) in [7, 11) is 0. The molecule has 2 atom stereocenters. The van der Waals surface area contributed by atoms with Crippen LogP contribution >= 0.6 is 11.3 Å². The van der Waals surface area contributed by atoms with Gasteiger partial charge in [-0.25, -0.2) is 4.98 Å². The lowest BCUT2D eigenvalue weighted by atomic mass is 9.95. The van der Waals surface area contributed by atoms with Gasteiger partial charge >= 0.3 is 0 Å². The van der Waals surface area contributed by atoms with Crippen LogP contribution in [-0.2, 0) is 14.3 Å². The molecule has 1 amide bonds. The maximum absolute atomic E-state index is 12.7. The van der Waals surface area contributed by atoms with E-state index < -0.39 is 11.2 Å². The number of nitrogens with zero attached hydrogens (tertiary/aromatic N) is 2. The molecule has 1 aliphatic heterocycles. The molecule has 2 unspecified atom stereocenters. The Kier molecular flexibility index (Phi) is 8.96. The number of pyridine rings is 1. The van der Waals surface area contributed by atoms with Crippen LogP contribution in [0.1, 0.15) is 30.7 Å². The highest BCUT2D eigenvalue weighted by atomic mass is 32.1. The number of carbonyl (C=O) groups excluding carboxylic acids is 1. The van der Waals surface area contributed by atoms with Crippen LogP contribution in [0.2, 0.25) is 0 Å². The van der Waals surface area contributed by atoms with Crippen molar-refractivity contribution in [1.29, 1.82) is 0 Å². The van der Waals surface area contributed by atoms with E-state index in [0.29, 0.717) is 44.8 Å². The van der Waals surface area contributed by atoms with Crippen molar-refractivity contribution in [2.45, 2.75) is 31.5 Å². The van der Waals surface area contributed by atoms with Gasteiger partial charge in [0.05, 0.1) is 11.5 Å². The molecule has 11 heteroatoms. The van der Waals surface area contributed by atoms with Gasteiger partial charge in [-0.2, -0.15) is 11.3 Å². The Bertz CT molecular complexity index is 904. The number of ether oxygens (including phenoxy) is 2. The average Bonchev–Trinajstić information content (AvgIpc) is 3.35. The van der Waals surface area contributed by atoms with Crippen LogP contribution in [0.3, 0.4) is 0 Å². The molecule has 0 aliphatic carbocycles. The molecule has 0 fully saturated rings. The molecular formula is C21H26N4O6S. The molecule has 2 aromatic heterocycles. The van der Waals surface area contributed by atoms with E-state index in [1.807, 2.05) is 22.9 Å². The van der Waals surface area contributed by atoms with Gasteiger partial charge in [0.15, 0.2) is 5.76 Å². The number of allylic oxidation sites excluding steroid dienone is 1. The SMILES string of the molecule is O=C(NCCNc1ccc([N+](=O)[O-])cn1)C1=CC(c2ccsc2)CC(OCCCCO)O1. The lowest BCUT2D eigenvalue weighted by molar-refractivity contribution is -0.385. The Labute approximate surface area is 189 Å². The molecule has 2 aromatic rings. The number of aliphatic hydroxyl groups excluding tert-OH is 1. The number of hydrogen-bond donors (Lipinski definition) is 3. The van der Waals surface area contributed by atoms with Crippen molar-refractivity contribution >= 4 is 28.7 Å². The number of unbranched alkanes of at least 4 members (excludes halogenated alkanes) is 1. The summed E-state index contributed by atoms with van der Waals surface area (Å²) in [6.07, 6.45) is 4.43. The van der Waals surface area contributed by atoms with Gasteiger partial charge in [0.1, 0.15) is 12.0 Å². The number of hydrogen-bond acceptors (Lipinski definition) is 9. The number of aliphatic hydroxyl groups is 1. The van der Waals surface area contributed by atoms with E-state index in [1.165, 1.54) is 18.3 Å². The summed E-state index contributed by atoms with van der Waals surface area (Å²) in [5, 5.41) is 29.4. The number of amides is 1. The standard InChI is InChI=1S/C21H26N4O6S/c26-8-1-2-9-30-20-12-16(15-5-10-32-14-15)11-18(31-20)21(27)23-7-6-22-19-4-3-17(13-24-19)25(28)29/h3-5,10-11,13-14,16,20,26H,1-2,6-9,12H2,(H,22,24)(H,23,27). The van der Waals surface area contributed by atoms with Gasteiger partial charge in [-0.3, -0.25) is 14.9 Å². The smallest absolute Gasteiger partial charge is 0.287 e. The molecule has 0 aromatic carbocycles. The van der Waals surface area contributed by atoms with Gasteiger partial charge < -0.3 is 25.2 Å². The number of carbonyl (C=O) groups is 1. The summed E-state index contributed by atoms with van der Waals surface area (Å²) in [6.45, 7) is 1.26. The highest BCUT2D eigenvalue weighted by Gasteiger charge is 2.28. The lowest BCUT2D eigenvalue weighted by Crippen LogP contribution is -2.35. The van der Waals surface area contributed by atoms with Crippen molar-refractivity contribution in [3.63, 3.8) is 0 Å². The second kappa shape index (κ2) is 12.1. The van der Waals surface area contributed by atoms with Gasteiger partial charge in [-0.1, -0.05) is 0 Å². The van der Waals surface area contributed by atoms with Gasteiger partial charge in [0, 0.05) is 38.1 Å². The zero-order valence-corrected chi connectivity index (χ0v) is 18.3. The van der Waals surface area contributed by atoms with Crippen molar-refractivity contribution in [3.8, 4) is 0 Å². The molecule has 0 radical (unpaired) electrons. The van der Waals surface area contributed by atoms with Crippen LogP contribution in [0.4, 0.5) is 11.5 Å². The molecule has 0 bridgehead atoms. The Morgan fingerprint density at radius 1 is 1.34 bits per heavy atom. The predicted octanol–water partition coefficient (Wildman–Crippen LogP) is 2.78. The Morgan fingerprint density at radius 2 is 2.22 bits per heavy atom. The number of thiophene rings is 1. The fourth-order valence-electron chi connectivity index (χ4n) is 3.12. The number of aromatic nitrogens is 1. The minimum absolute atomic E-state index is 0.0148. The van der Waals surface area contributed by atoms with Crippen LogP contribution in [-0.4, -0.2) is 53.5 Å². The molecule has 0 saturated heterocycles. The van der Waals surface area contributed by atoms with Crippen molar-refractivity contribution in [3.05, 3.63) is 62.7 Å². The third kappa shape index (κ3) is 7.01. The third-order valence-electron chi connectivity index (χ3n) is 4.78. The van der Waals surface area contributed by atoms with Gasteiger partial charge in [0.25, 0.3) is 11.6 Å². The number of anilines is 1. The molecular weight excluding hydrogens is 436 g/mol. The van der Waals surface area contributed by atoms with E-state index in [2.05, 4.69) is 15.6 Å². The third-order valence-corrected chi connectivity index (χ3v) is 5.49. The first-order valence-electron chi connectivity index (χ1n) is 10.3. The van der Waals surface area contributed by atoms with E-state index in [-0.39, 0.29) is 29.9 Å². The maximum Gasteiger partial charge on any atom is 0.287 e. The summed E-state index contributed by atoms with van der Waals surface area (Å²) >= 11 is 1.59. The van der Waals surface area contributed by atoms with Crippen LogP contribution in [0, 0.1) is 10.1 Å². The van der Waals surface area contributed by atoms with Crippen molar-refractivity contribution in [2.75, 3.05) is 31.6 Å². The topological polar surface area (TPSA) is 136 Å². The average molecular weight is 463 g/mol. The van der Waals surface area contributed by atoms with Gasteiger partial charge in [-0.15, -0.1) is 0 Å². The number of nitrogens with one attached hydrogen (secondary N) is 2. The summed E-state index contributed by atoms with van der Waals surface area (Å²) in [5.74, 6) is 0.369. The van der Waals surface area contributed by atoms with Crippen molar-refractivity contribution in [1.82, 2.24) is 10.3 Å². The lowest BCUT2D eigenvalue weighted by Gasteiger charge is -2.29. The highest BCUT2D eigenvalue weighted by molar-refractivity contribution is 7.08. The molecule has 1 aliphatic rings. The molecule has 0 saturated carbocycles. The van der Waals surface area contributed by atoms with Crippen LogP contribution in [0.15, 0.2) is 47.0 Å². The second-order valence-corrected chi connectivity index (χ2v) is 7.90. The highest BCUT2D eigenvalue weighted by Crippen LogP contribution is 2.32. The monoisotopic (exact) mass is 462 g/mol. The van der Waals surface area contributed by atoms with E-state index in [0.717, 1.165) is 5.56 Å². The van der Waals surface area contributed by atoms with E-state index in [9.17, 15) is 14.9 Å². The summed E-state index contributed by atoms with van der Waals surface area (Å²) in [6, 6.07) is 4.90. The maximum atomic E-state index is 12.7. The molecule has 32 heavy (non-hydrogen) atoms. The second-order valence-electron chi connectivity index (χ2n) is 7.12. The number of nitro groups is 1. The summed E-state index contributed by atoms with van der Waals surface area (Å²) in [4.78, 5) is 26.8. The normalized spacial score (nSPS) is 17.8. The molecule has 3 rings (SSSR count). The largest absolute Gasteiger partial charge is 0.459 e. The zero-order valence-electron chi connectivity index (χ0n) is 17.4.